The molecule has 0 aliphatic rings. The Bertz CT molecular complexity index is 195. The van der Waals surface area contributed by atoms with Crippen molar-refractivity contribution in [3.05, 3.63) is 0 Å². The molecule has 0 radical (unpaired) electrons. The molecular weight excluding hydrogens is 204 g/mol. The second-order valence-electron chi connectivity index (χ2n) is 4.42. The number of nitrogens with one attached hydrogen (secondary N) is 1. The van der Waals surface area contributed by atoms with E-state index in [0.29, 0.717) is 6.61 Å². The molecule has 0 rings (SSSR count). The first-order valence-corrected chi connectivity index (χ1v) is 5.99. The SMILES string of the molecule is CCCCC(COC)N[C@H](C)C(=O)N(C)C. The summed E-state index contributed by atoms with van der Waals surface area (Å²) in [6.45, 7) is 4.72. The molecule has 1 unspecified atom stereocenters. The molecule has 0 aromatic heterocycles. The minimum absolute atomic E-state index is 0.109. The number of carbonyl (C=O) groups excluding carboxylic acids is 1. The second kappa shape index (κ2) is 8.53. The molecule has 96 valence electrons. The fourth-order valence-electron chi connectivity index (χ4n) is 1.68. The number of nitrogens with zero attached hydrogens (tertiary/aromatic N) is 1. The summed E-state index contributed by atoms with van der Waals surface area (Å²) in [5, 5.41) is 3.32. The third kappa shape index (κ3) is 6.08. The Labute approximate surface area is 99.3 Å². The lowest BCUT2D eigenvalue weighted by molar-refractivity contribution is -0.130. The highest BCUT2D eigenvalue weighted by Crippen LogP contribution is 2.03. The van der Waals surface area contributed by atoms with Gasteiger partial charge in [0.25, 0.3) is 0 Å². The summed E-state index contributed by atoms with van der Waals surface area (Å²) in [5.74, 6) is 0.109. The van der Waals surface area contributed by atoms with Gasteiger partial charge in [0.2, 0.25) is 5.91 Å². The van der Waals surface area contributed by atoms with Gasteiger partial charge in [0, 0.05) is 27.2 Å². The van der Waals surface area contributed by atoms with E-state index in [1.54, 1.807) is 26.1 Å². The van der Waals surface area contributed by atoms with Crippen molar-refractivity contribution < 1.29 is 9.53 Å². The highest BCUT2D eigenvalue weighted by Gasteiger charge is 2.18. The maximum atomic E-state index is 11.7. The Hall–Kier alpha value is -0.610. The lowest BCUT2D eigenvalue weighted by Crippen LogP contribution is -2.47. The molecule has 0 aliphatic carbocycles. The molecule has 0 heterocycles. The fourth-order valence-corrected chi connectivity index (χ4v) is 1.68. The quantitative estimate of drug-likeness (QED) is 0.682. The average molecular weight is 230 g/mol. The van der Waals surface area contributed by atoms with E-state index in [-0.39, 0.29) is 18.0 Å². The van der Waals surface area contributed by atoms with Crippen LogP contribution in [0.15, 0.2) is 0 Å². The zero-order valence-electron chi connectivity index (χ0n) is 11.2. The number of ether oxygens (including phenoxy) is 1. The summed E-state index contributed by atoms with van der Waals surface area (Å²) < 4.78 is 5.15. The summed E-state index contributed by atoms with van der Waals surface area (Å²) >= 11 is 0. The van der Waals surface area contributed by atoms with Gasteiger partial charge in [-0.2, -0.15) is 0 Å². The topological polar surface area (TPSA) is 41.6 Å². The number of likely N-dealkylation sites (N-methyl/N-ethyl adjacent to an activating group) is 1. The first-order valence-electron chi connectivity index (χ1n) is 5.99. The summed E-state index contributed by atoms with van der Waals surface area (Å²) in [6.07, 6.45) is 3.37. The Kier molecular flexibility index (Phi) is 8.21. The Balaban J connectivity index is 4.10. The molecule has 0 saturated heterocycles. The molecule has 1 amide bonds. The van der Waals surface area contributed by atoms with Crippen LogP contribution in [0, 0.1) is 0 Å². The predicted molar refractivity (Wildman–Crippen MR) is 66.5 cm³/mol. The molecule has 0 fully saturated rings. The second-order valence-corrected chi connectivity index (χ2v) is 4.42. The van der Waals surface area contributed by atoms with Gasteiger partial charge in [0.15, 0.2) is 0 Å². The Morgan fingerprint density at radius 3 is 2.50 bits per heavy atom. The maximum absolute atomic E-state index is 11.7. The molecule has 1 N–H and O–H groups in total. The fraction of sp³-hybridized carbons (Fsp3) is 0.917. The van der Waals surface area contributed by atoms with Crippen LogP contribution in [0.5, 0.6) is 0 Å². The zero-order chi connectivity index (χ0) is 12.6. The van der Waals surface area contributed by atoms with Crippen LogP contribution < -0.4 is 5.32 Å². The molecule has 0 aliphatic heterocycles. The van der Waals surface area contributed by atoms with Crippen molar-refractivity contribution in [1.29, 1.82) is 0 Å². The Morgan fingerprint density at radius 1 is 1.44 bits per heavy atom. The predicted octanol–water partition coefficient (Wildman–Crippen LogP) is 1.26. The average Bonchev–Trinajstić information content (AvgIpc) is 2.24. The number of amides is 1. The third-order valence-electron chi connectivity index (χ3n) is 2.57. The van der Waals surface area contributed by atoms with Crippen LogP contribution in [0.2, 0.25) is 0 Å². The van der Waals surface area contributed by atoms with E-state index >= 15 is 0 Å². The highest BCUT2D eigenvalue weighted by molar-refractivity contribution is 5.80. The molecule has 16 heavy (non-hydrogen) atoms. The van der Waals surface area contributed by atoms with Crippen LogP contribution in [-0.2, 0) is 9.53 Å². The van der Waals surface area contributed by atoms with E-state index in [0.717, 1.165) is 19.3 Å². The van der Waals surface area contributed by atoms with Gasteiger partial charge in [-0.1, -0.05) is 19.8 Å². The molecule has 0 bridgehead atoms. The zero-order valence-corrected chi connectivity index (χ0v) is 11.2. The number of carbonyl (C=O) groups is 1. The molecule has 2 atom stereocenters. The van der Waals surface area contributed by atoms with E-state index in [1.165, 1.54) is 0 Å². The van der Waals surface area contributed by atoms with Gasteiger partial charge >= 0.3 is 0 Å². The standard InChI is InChI=1S/C12H26N2O2/c1-6-7-8-11(9-16-5)13-10(2)12(15)14(3)4/h10-11,13H,6-9H2,1-5H3/t10-,11?/m1/s1. The highest BCUT2D eigenvalue weighted by atomic mass is 16.5. The van der Waals surface area contributed by atoms with Crippen molar-refractivity contribution >= 4 is 5.91 Å². The van der Waals surface area contributed by atoms with Crippen molar-refractivity contribution in [2.75, 3.05) is 27.8 Å². The van der Waals surface area contributed by atoms with Gasteiger partial charge in [-0.15, -0.1) is 0 Å². The van der Waals surface area contributed by atoms with Gasteiger partial charge in [-0.3, -0.25) is 4.79 Å². The first-order chi connectivity index (χ1) is 7.52. The van der Waals surface area contributed by atoms with E-state index in [1.807, 2.05) is 6.92 Å². The van der Waals surface area contributed by atoms with Crippen molar-refractivity contribution in [2.45, 2.75) is 45.2 Å². The number of hydrogen-bond donors (Lipinski definition) is 1. The smallest absolute Gasteiger partial charge is 0.238 e. The van der Waals surface area contributed by atoms with Crippen LogP contribution in [-0.4, -0.2) is 50.7 Å². The number of methoxy groups -OCH3 is 1. The summed E-state index contributed by atoms with van der Waals surface area (Å²) in [7, 11) is 5.24. The summed E-state index contributed by atoms with van der Waals surface area (Å²) in [6, 6.07) is 0.121. The van der Waals surface area contributed by atoms with Crippen LogP contribution >= 0.6 is 0 Å². The van der Waals surface area contributed by atoms with Gasteiger partial charge in [0.1, 0.15) is 0 Å². The van der Waals surface area contributed by atoms with Gasteiger partial charge in [-0.25, -0.2) is 0 Å². The molecule has 0 aromatic rings. The maximum Gasteiger partial charge on any atom is 0.238 e. The molecular formula is C12H26N2O2. The summed E-state index contributed by atoms with van der Waals surface area (Å²) in [4.78, 5) is 13.3. The minimum Gasteiger partial charge on any atom is -0.383 e. The van der Waals surface area contributed by atoms with E-state index in [9.17, 15) is 4.79 Å². The lowest BCUT2D eigenvalue weighted by Gasteiger charge is -2.24. The van der Waals surface area contributed by atoms with Crippen LogP contribution in [0.25, 0.3) is 0 Å². The normalized spacial score (nSPS) is 14.6. The number of rotatable bonds is 8. The molecule has 0 aromatic carbocycles. The van der Waals surface area contributed by atoms with E-state index in [4.69, 9.17) is 4.74 Å². The third-order valence-corrected chi connectivity index (χ3v) is 2.57. The van der Waals surface area contributed by atoms with Crippen LogP contribution in [0.3, 0.4) is 0 Å². The molecule has 0 spiro atoms. The van der Waals surface area contributed by atoms with Crippen LogP contribution in [0.1, 0.15) is 33.1 Å². The molecule has 4 nitrogen and oxygen atoms in total. The van der Waals surface area contributed by atoms with E-state index < -0.39 is 0 Å². The molecule has 4 heteroatoms. The van der Waals surface area contributed by atoms with Gasteiger partial charge < -0.3 is 15.0 Å². The minimum atomic E-state index is -0.146. The number of unbranched alkanes of at least 4 members (excludes halogenated alkanes) is 1. The van der Waals surface area contributed by atoms with Crippen LogP contribution in [0.4, 0.5) is 0 Å². The monoisotopic (exact) mass is 230 g/mol. The Morgan fingerprint density at radius 2 is 2.06 bits per heavy atom. The lowest BCUT2D eigenvalue weighted by atomic mass is 10.1. The number of hydrogen-bond acceptors (Lipinski definition) is 3. The van der Waals surface area contributed by atoms with Crippen molar-refractivity contribution in [3.8, 4) is 0 Å². The first kappa shape index (κ1) is 15.4. The van der Waals surface area contributed by atoms with E-state index in [2.05, 4.69) is 12.2 Å². The van der Waals surface area contributed by atoms with Gasteiger partial charge in [-0.05, 0) is 13.3 Å². The van der Waals surface area contributed by atoms with Crippen molar-refractivity contribution in [3.63, 3.8) is 0 Å². The summed E-state index contributed by atoms with van der Waals surface area (Å²) in [5.41, 5.74) is 0. The molecule has 0 saturated carbocycles. The van der Waals surface area contributed by atoms with Crippen molar-refractivity contribution in [1.82, 2.24) is 10.2 Å². The van der Waals surface area contributed by atoms with Crippen molar-refractivity contribution in [2.24, 2.45) is 0 Å². The largest absolute Gasteiger partial charge is 0.383 e. The van der Waals surface area contributed by atoms with Gasteiger partial charge in [0.05, 0.1) is 12.6 Å².